The largest absolute Gasteiger partial charge is 0.486 e. The molecule has 0 spiro atoms. The van der Waals surface area contributed by atoms with Crippen molar-refractivity contribution in [1.82, 2.24) is 10.2 Å². The predicted octanol–water partition coefficient (Wildman–Crippen LogP) is 1.44. The first kappa shape index (κ1) is 20.7. The molecule has 3 aliphatic heterocycles. The lowest BCUT2D eigenvalue weighted by Gasteiger charge is -2.48. The third kappa shape index (κ3) is 4.29. The third-order valence-corrected chi connectivity index (χ3v) is 7.18. The molecule has 3 heterocycles. The molecule has 1 amide bonds. The summed E-state index contributed by atoms with van der Waals surface area (Å²) < 4.78 is 16.6. The van der Waals surface area contributed by atoms with Gasteiger partial charge in [-0.2, -0.15) is 0 Å². The van der Waals surface area contributed by atoms with Crippen molar-refractivity contribution in [3.63, 3.8) is 0 Å². The van der Waals surface area contributed by atoms with Crippen molar-refractivity contribution in [2.24, 2.45) is 11.8 Å². The van der Waals surface area contributed by atoms with Crippen molar-refractivity contribution in [2.45, 2.75) is 43.9 Å². The molecule has 5 unspecified atom stereocenters. The number of piperidine rings is 2. The molecule has 8 heteroatoms. The summed E-state index contributed by atoms with van der Waals surface area (Å²) >= 11 is 0. The summed E-state index contributed by atoms with van der Waals surface area (Å²) in [7, 11) is 1.73. The van der Waals surface area contributed by atoms with Crippen molar-refractivity contribution in [1.29, 1.82) is 0 Å². The number of hydrogen-bond donors (Lipinski definition) is 2. The van der Waals surface area contributed by atoms with E-state index in [4.69, 9.17) is 14.2 Å². The molecule has 5 rings (SSSR count). The zero-order chi connectivity index (χ0) is 21.4. The van der Waals surface area contributed by atoms with Crippen LogP contribution in [0.15, 0.2) is 18.2 Å². The molecule has 1 saturated carbocycles. The first-order valence-corrected chi connectivity index (χ1v) is 11.3. The van der Waals surface area contributed by atoms with Gasteiger partial charge in [-0.1, -0.05) is 0 Å². The Labute approximate surface area is 182 Å². The lowest BCUT2D eigenvalue weighted by Crippen LogP contribution is -2.64. The number of fused-ring (bicyclic) bond motifs is 3. The van der Waals surface area contributed by atoms with Crippen LogP contribution >= 0.6 is 0 Å². The van der Waals surface area contributed by atoms with Crippen LogP contribution in [0.1, 0.15) is 25.7 Å². The topological polar surface area (TPSA) is 89.1 Å². The number of nitrogens with one attached hydrogen (secondary N) is 2. The summed E-state index contributed by atoms with van der Waals surface area (Å²) in [6.45, 7) is 2.77. The van der Waals surface area contributed by atoms with Crippen molar-refractivity contribution in [3.8, 4) is 11.5 Å². The normalized spacial score (nSPS) is 32.7. The number of ketones is 1. The van der Waals surface area contributed by atoms with Gasteiger partial charge in [0.05, 0.1) is 12.6 Å². The number of nitrogens with zero attached hydrogens (tertiary/aromatic N) is 1. The minimum Gasteiger partial charge on any atom is -0.486 e. The summed E-state index contributed by atoms with van der Waals surface area (Å²) in [5.74, 6) is 1.61. The Bertz CT molecular complexity index is 847. The van der Waals surface area contributed by atoms with E-state index in [0.29, 0.717) is 42.7 Å². The Morgan fingerprint density at radius 3 is 2.81 bits per heavy atom. The lowest BCUT2D eigenvalue weighted by molar-refractivity contribution is -0.138. The molecule has 0 aromatic heterocycles. The van der Waals surface area contributed by atoms with Gasteiger partial charge in [0.25, 0.3) is 0 Å². The van der Waals surface area contributed by atoms with Gasteiger partial charge >= 0.3 is 0 Å². The van der Waals surface area contributed by atoms with Crippen molar-refractivity contribution in [2.75, 3.05) is 45.3 Å². The molecule has 31 heavy (non-hydrogen) atoms. The van der Waals surface area contributed by atoms with Crippen LogP contribution in [0, 0.1) is 11.8 Å². The van der Waals surface area contributed by atoms with Crippen LogP contribution in [0.5, 0.6) is 11.5 Å². The number of rotatable bonds is 4. The molecule has 1 aromatic rings. The highest BCUT2D eigenvalue weighted by Gasteiger charge is 2.47. The van der Waals surface area contributed by atoms with Gasteiger partial charge in [0.2, 0.25) is 5.91 Å². The number of likely N-dealkylation sites (tertiary alicyclic amines) is 1. The van der Waals surface area contributed by atoms with Crippen LogP contribution in [-0.2, 0) is 14.3 Å². The predicted molar refractivity (Wildman–Crippen MR) is 114 cm³/mol. The molecule has 8 nitrogen and oxygen atoms in total. The fraction of sp³-hybridized carbons (Fsp3) is 0.652. The highest BCUT2D eigenvalue weighted by Crippen LogP contribution is 2.36. The van der Waals surface area contributed by atoms with E-state index < -0.39 is 0 Å². The molecule has 4 aliphatic rings. The van der Waals surface area contributed by atoms with Gasteiger partial charge in [0, 0.05) is 55.9 Å². The maximum atomic E-state index is 13.3. The van der Waals surface area contributed by atoms with Gasteiger partial charge in [0.15, 0.2) is 11.5 Å². The fourth-order valence-corrected chi connectivity index (χ4v) is 5.59. The standard InChI is InChI=1S/C23H31N3O5/c1-29-15-3-4-18-16(11-15)23(28)17-12-26(7-6-19(17)25-18)13-22(27)24-14-2-5-20-21(10-14)31-9-8-30-20/h2,5,10,15-19,25H,3-4,6-9,11-13H2,1H3,(H,24,27). The van der Waals surface area contributed by atoms with E-state index >= 15 is 0 Å². The second kappa shape index (κ2) is 8.76. The third-order valence-electron chi connectivity index (χ3n) is 7.18. The number of Topliss-reactive ketones (excluding diaryl/α,β-unsaturated/α-hetero) is 1. The van der Waals surface area contributed by atoms with Crippen LogP contribution in [-0.4, -0.2) is 74.7 Å². The van der Waals surface area contributed by atoms with Crippen LogP contribution < -0.4 is 20.1 Å². The molecular formula is C23H31N3O5. The van der Waals surface area contributed by atoms with E-state index in [9.17, 15) is 9.59 Å². The molecule has 5 atom stereocenters. The van der Waals surface area contributed by atoms with Crippen LogP contribution in [0.25, 0.3) is 0 Å². The lowest BCUT2D eigenvalue weighted by atomic mass is 9.70. The number of benzene rings is 1. The van der Waals surface area contributed by atoms with Crippen molar-refractivity contribution >= 4 is 17.4 Å². The summed E-state index contributed by atoms with van der Waals surface area (Å²) in [6.07, 6.45) is 3.90. The van der Waals surface area contributed by atoms with E-state index in [2.05, 4.69) is 15.5 Å². The van der Waals surface area contributed by atoms with Crippen LogP contribution in [0.4, 0.5) is 5.69 Å². The number of anilines is 1. The molecule has 0 bridgehead atoms. The maximum absolute atomic E-state index is 13.3. The van der Waals surface area contributed by atoms with Gasteiger partial charge in [0.1, 0.15) is 19.0 Å². The summed E-state index contributed by atoms with van der Waals surface area (Å²) in [5, 5.41) is 6.69. The second-order valence-corrected chi connectivity index (χ2v) is 9.10. The summed E-state index contributed by atoms with van der Waals surface area (Å²) in [6, 6.07) is 5.94. The number of carbonyl (C=O) groups is 2. The molecule has 3 fully saturated rings. The molecule has 1 aromatic carbocycles. The van der Waals surface area contributed by atoms with Crippen LogP contribution in [0.3, 0.4) is 0 Å². The smallest absolute Gasteiger partial charge is 0.238 e. The number of methoxy groups -OCH3 is 1. The molecule has 2 saturated heterocycles. The molecule has 168 valence electrons. The quantitative estimate of drug-likeness (QED) is 0.749. The highest BCUT2D eigenvalue weighted by atomic mass is 16.6. The molecular weight excluding hydrogens is 398 g/mol. The fourth-order valence-electron chi connectivity index (χ4n) is 5.59. The van der Waals surface area contributed by atoms with E-state index in [1.807, 2.05) is 12.1 Å². The average molecular weight is 430 g/mol. The second-order valence-electron chi connectivity index (χ2n) is 9.10. The Kier molecular flexibility index (Phi) is 5.86. The number of amides is 1. The van der Waals surface area contributed by atoms with Gasteiger partial charge in [-0.3, -0.25) is 14.5 Å². The Morgan fingerprint density at radius 2 is 1.97 bits per heavy atom. The first-order chi connectivity index (χ1) is 15.1. The average Bonchev–Trinajstić information content (AvgIpc) is 2.79. The van der Waals surface area contributed by atoms with Crippen LogP contribution in [0.2, 0.25) is 0 Å². The SMILES string of the molecule is COC1CCC2NC3CCN(CC(=O)Nc4ccc5c(c4)OCCO5)CC3C(=O)C2C1. The zero-order valence-electron chi connectivity index (χ0n) is 18.0. The van der Waals surface area contributed by atoms with E-state index in [1.165, 1.54) is 0 Å². The summed E-state index contributed by atoms with van der Waals surface area (Å²) in [4.78, 5) is 28.0. The van der Waals surface area contributed by atoms with E-state index in [-0.39, 0.29) is 42.5 Å². The minimum absolute atomic E-state index is 0.0337. The monoisotopic (exact) mass is 429 g/mol. The van der Waals surface area contributed by atoms with E-state index in [1.54, 1.807) is 13.2 Å². The van der Waals surface area contributed by atoms with E-state index in [0.717, 1.165) is 32.2 Å². The number of hydrogen-bond acceptors (Lipinski definition) is 7. The zero-order valence-corrected chi connectivity index (χ0v) is 18.0. The Balaban J connectivity index is 1.18. The summed E-state index contributed by atoms with van der Waals surface area (Å²) in [5.41, 5.74) is 0.690. The highest BCUT2D eigenvalue weighted by molar-refractivity contribution is 5.92. The molecule has 2 N–H and O–H groups in total. The van der Waals surface area contributed by atoms with Gasteiger partial charge in [-0.25, -0.2) is 0 Å². The first-order valence-electron chi connectivity index (χ1n) is 11.3. The Morgan fingerprint density at radius 1 is 1.16 bits per heavy atom. The minimum atomic E-state index is -0.0821. The Hall–Kier alpha value is -2.16. The van der Waals surface area contributed by atoms with Gasteiger partial charge in [-0.05, 0) is 37.8 Å². The molecule has 0 radical (unpaired) electrons. The van der Waals surface area contributed by atoms with Crippen molar-refractivity contribution in [3.05, 3.63) is 18.2 Å². The van der Waals surface area contributed by atoms with Crippen molar-refractivity contribution < 1.29 is 23.8 Å². The number of carbonyl (C=O) groups excluding carboxylic acids is 2. The number of ether oxygens (including phenoxy) is 3. The molecule has 1 aliphatic carbocycles. The van der Waals surface area contributed by atoms with Gasteiger partial charge in [-0.15, -0.1) is 0 Å². The van der Waals surface area contributed by atoms with Gasteiger partial charge < -0.3 is 24.8 Å². The maximum Gasteiger partial charge on any atom is 0.238 e.